The lowest BCUT2D eigenvalue weighted by Crippen LogP contribution is -2.34. The fourth-order valence-electron chi connectivity index (χ4n) is 1.00. The fraction of sp³-hybridized carbons (Fsp3) is 0.714. The van der Waals surface area contributed by atoms with Crippen LogP contribution in [-0.4, -0.2) is 12.1 Å². The van der Waals surface area contributed by atoms with Gasteiger partial charge in [-0.25, -0.2) is 0 Å². The first-order valence-electron chi connectivity index (χ1n) is 3.54. The van der Waals surface area contributed by atoms with Gasteiger partial charge in [0.15, 0.2) is 0 Å². The Morgan fingerprint density at radius 2 is 2.60 bits per heavy atom. The van der Waals surface area contributed by atoms with E-state index in [0.717, 1.165) is 12.8 Å². The molecule has 0 radical (unpaired) electrons. The molecule has 0 aromatic heterocycles. The van der Waals surface area contributed by atoms with Crippen LogP contribution in [0.25, 0.3) is 0 Å². The van der Waals surface area contributed by atoms with Gasteiger partial charge in [0.05, 0.1) is 12.3 Å². The summed E-state index contributed by atoms with van der Waals surface area (Å²) in [4.78, 5) is 0. The molecule has 10 heavy (non-hydrogen) atoms. The molecule has 0 bridgehead atoms. The lowest BCUT2D eigenvalue weighted by Gasteiger charge is -2.24. The molecule has 2 nitrogen and oxygen atoms in total. The molecule has 2 unspecified atom stereocenters. The van der Waals surface area contributed by atoms with E-state index in [9.17, 15) is 0 Å². The Hall–Kier alpha value is -0.150. The molecule has 1 aliphatic heterocycles. The van der Waals surface area contributed by atoms with E-state index in [-0.39, 0.29) is 0 Å². The minimum atomic E-state index is 0.294. The van der Waals surface area contributed by atoms with Crippen molar-refractivity contribution in [2.75, 3.05) is 0 Å². The van der Waals surface area contributed by atoms with Crippen molar-refractivity contribution in [1.82, 2.24) is 4.72 Å². The molecule has 0 aromatic rings. The maximum atomic E-state index is 5.34. The second-order valence-electron chi connectivity index (χ2n) is 2.54. The summed E-state index contributed by atoms with van der Waals surface area (Å²) in [6.45, 7) is 2.07. The van der Waals surface area contributed by atoms with Gasteiger partial charge in [-0.3, -0.25) is 4.72 Å². The third kappa shape index (κ3) is 1.92. The molecule has 2 atom stereocenters. The average molecular weight is 159 g/mol. The van der Waals surface area contributed by atoms with Crippen LogP contribution in [0.1, 0.15) is 19.8 Å². The lowest BCUT2D eigenvalue weighted by atomic mass is 10.1. The van der Waals surface area contributed by atoms with Gasteiger partial charge in [0.2, 0.25) is 0 Å². The lowest BCUT2D eigenvalue weighted by molar-refractivity contribution is 0.100. The quantitative estimate of drug-likeness (QED) is 0.596. The normalized spacial score (nSPS) is 27.6. The van der Waals surface area contributed by atoms with Crippen molar-refractivity contribution in [1.29, 1.82) is 0 Å². The molecule has 58 valence electrons. The van der Waals surface area contributed by atoms with Gasteiger partial charge in [0.25, 0.3) is 0 Å². The van der Waals surface area contributed by atoms with Crippen molar-refractivity contribution in [2.24, 2.45) is 0 Å². The molecule has 1 heterocycles. The van der Waals surface area contributed by atoms with Gasteiger partial charge in [-0.1, -0.05) is 12.8 Å². The van der Waals surface area contributed by atoms with E-state index in [2.05, 4.69) is 24.5 Å². The molecule has 0 fully saturated rings. The van der Waals surface area contributed by atoms with Crippen LogP contribution in [0.2, 0.25) is 0 Å². The predicted octanol–water partition coefficient (Wildman–Crippen LogP) is 1.50. The van der Waals surface area contributed by atoms with Crippen molar-refractivity contribution in [3.63, 3.8) is 0 Å². The van der Waals surface area contributed by atoms with Gasteiger partial charge < -0.3 is 4.74 Å². The Morgan fingerprint density at radius 3 is 3.10 bits per heavy atom. The summed E-state index contributed by atoms with van der Waals surface area (Å²) < 4.78 is 8.21. The van der Waals surface area contributed by atoms with E-state index in [1.54, 1.807) is 6.26 Å². The van der Waals surface area contributed by atoms with E-state index in [1.165, 1.54) is 0 Å². The molecule has 0 aliphatic carbocycles. The van der Waals surface area contributed by atoms with E-state index in [1.807, 2.05) is 6.08 Å². The number of allylic oxidation sites excluding steroid dienone is 1. The Labute approximate surface area is 67.2 Å². The van der Waals surface area contributed by atoms with Crippen molar-refractivity contribution in [2.45, 2.75) is 31.9 Å². The zero-order valence-corrected chi connectivity index (χ0v) is 6.97. The smallest absolute Gasteiger partial charge is 0.114 e. The summed E-state index contributed by atoms with van der Waals surface area (Å²) in [7, 11) is 0. The largest absolute Gasteiger partial charge is 0.497 e. The Bertz CT molecular complexity index is 127. The van der Waals surface area contributed by atoms with Gasteiger partial charge in [0.1, 0.15) is 6.10 Å². The molecule has 1 rings (SSSR count). The molecular weight excluding hydrogens is 146 g/mol. The summed E-state index contributed by atoms with van der Waals surface area (Å²) in [6, 6.07) is 0.327. The van der Waals surface area contributed by atoms with Crippen LogP contribution in [0, 0.1) is 0 Å². The highest BCUT2D eigenvalue weighted by atomic mass is 32.1. The van der Waals surface area contributed by atoms with E-state index in [4.69, 9.17) is 4.74 Å². The number of hydrogen-bond donors (Lipinski definition) is 2. The highest BCUT2D eigenvalue weighted by Crippen LogP contribution is 2.13. The fourth-order valence-corrected chi connectivity index (χ4v) is 1.17. The average Bonchev–Trinajstić information content (AvgIpc) is 2.05. The number of thiol groups is 1. The van der Waals surface area contributed by atoms with Crippen molar-refractivity contribution in [3.8, 4) is 0 Å². The molecule has 0 saturated heterocycles. The topological polar surface area (TPSA) is 21.3 Å². The highest BCUT2D eigenvalue weighted by molar-refractivity contribution is 7.78. The maximum absolute atomic E-state index is 5.34. The SMILES string of the molecule is CC(NS)C1CCC=CO1. The summed E-state index contributed by atoms with van der Waals surface area (Å²) in [5.74, 6) is 0. The third-order valence-electron chi connectivity index (χ3n) is 1.73. The first-order chi connectivity index (χ1) is 4.84. The molecule has 0 aromatic carbocycles. The zero-order valence-electron chi connectivity index (χ0n) is 6.08. The van der Waals surface area contributed by atoms with Crippen LogP contribution in [0.5, 0.6) is 0 Å². The van der Waals surface area contributed by atoms with Gasteiger partial charge in [-0.2, -0.15) is 0 Å². The number of ether oxygens (including phenoxy) is 1. The first kappa shape index (κ1) is 7.95. The van der Waals surface area contributed by atoms with E-state index >= 15 is 0 Å². The highest BCUT2D eigenvalue weighted by Gasteiger charge is 2.17. The summed E-state index contributed by atoms with van der Waals surface area (Å²) in [5, 5.41) is 0. The van der Waals surface area contributed by atoms with Crippen LogP contribution in [0.3, 0.4) is 0 Å². The minimum absolute atomic E-state index is 0.294. The minimum Gasteiger partial charge on any atom is -0.497 e. The molecule has 3 heteroatoms. The van der Waals surface area contributed by atoms with Gasteiger partial charge in [-0.15, -0.1) is 0 Å². The summed E-state index contributed by atoms with van der Waals surface area (Å²) >= 11 is 3.97. The molecule has 0 saturated carbocycles. The maximum Gasteiger partial charge on any atom is 0.114 e. The number of rotatable bonds is 2. The second kappa shape index (κ2) is 3.88. The Balaban J connectivity index is 2.33. The first-order valence-corrected chi connectivity index (χ1v) is 3.99. The van der Waals surface area contributed by atoms with Crippen molar-refractivity contribution in [3.05, 3.63) is 12.3 Å². The molecule has 1 aliphatic rings. The van der Waals surface area contributed by atoms with Gasteiger partial charge in [0, 0.05) is 0 Å². The molecule has 0 amide bonds. The van der Waals surface area contributed by atoms with Crippen molar-refractivity contribution < 1.29 is 4.74 Å². The monoisotopic (exact) mass is 159 g/mol. The van der Waals surface area contributed by atoms with Crippen LogP contribution >= 0.6 is 12.8 Å². The number of hydrogen-bond acceptors (Lipinski definition) is 3. The summed E-state index contributed by atoms with van der Waals surface area (Å²) in [5.41, 5.74) is 0. The molecule has 1 N–H and O–H groups in total. The zero-order chi connectivity index (χ0) is 7.40. The molecular formula is C7H13NOS. The second-order valence-corrected chi connectivity index (χ2v) is 2.80. The van der Waals surface area contributed by atoms with E-state index in [0.29, 0.717) is 12.1 Å². The predicted molar refractivity (Wildman–Crippen MR) is 44.8 cm³/mol. The standard InChI is InChI=1S/C7H13NOS/c1-6(8-10)7-4-2-3-5-9-7/h3,5-8,10H,2,4H2,1H3. The van der Waals surface area contributed by atoms with Gasteiger partial charge >= 0.3 is 0 Å². The Morgan fingerprint density at radius 1 is 1.80 bits per heavy atom. The van der Waals surface area contributed by atoms with E-state index < -0.39 is 0 Å². The van der Waals surface area contributed by atoms with Crippen molar-refractivity contribution >= 4 is 12.8 Å². The van der Waals surface area contributed by atoms with Crippen LogP contribution in [-0.2, 0) is 4.74 Å². The van der Waals surface area contributed by atoms with Gasteiger partial charge in [-0.05, 0) is 25.8 Å². The molecule has 0 spiro atoms. The van der Waals surface area contributed by atoms with Crippen LogP contribution < -0.4 is 4.72 Å². The van der Waals surface area contributed by atoms with Crippen LogP contribution in [0.4, 0.5) is 0 Å². The van der Waals surface area contributed by atoms with Crippen LogP contribution in [0.15, 0.2) is 12.3 Å². The third-order valence-corrected chi connectivity index (χ3v) is 2.14. The Kier molecular flexibility index (Phi) is 3.09. The number of nitrogens with one attached hydrogen (secondary N) is 1. The summed E-state index contributed by atoms with van der Waals surface area (Å²) in [6.07, 6.45) is 6.32.